The van der Waals surface area contributed by atoms with Gasteiger partial charge in [-0.3, -0.25) is 0 Å². The summed E-state index contributed by atoms with van der Waals surface area (Å²) in [5, 5.41) is 0. The van der Waals surface area contributed by atoms with Crippen molar-refractivity contribution in [3.8, 4) is 0 Å². The largest absolute Gasteiger partial charge is 3.00 e. The summed E-state index contributed by atoms with van der Waals surface area (Å²) in [4.78, 5) is 26.7. The maximum Gasteiger partial charge on any atom is 3.00 e. The molecule has 0 saturated carbocycles. The van der Waals surface area contributed by atoms with Crippen LogP contribution in [0.25, 0.3) is 0 Å². The van der Waals surface area contributed by atoms with Gasteiger partial charge in [-0.1, -0.05) is 0 Å². The molecule has 0 bridgehead atoms. The van der Waals surface area contributed by atoms with Crippen molar-refractivity contribution in [3.05, 3.63) is 14.7 Å². The van der Waals surface area contributed by atoms with E-state index in [1.54, 1.807) is 0 Å². The molecule has 0 aromatic heterocycles. The van der Waals surface area contributed by atoms with Gasteiger partial charge < -0.3 is 35.1 Å². The van der Waals surface area contributed by atoms with Crippen LogP contribution in [0.1, 0.15) is 6.42 Å². The maximum atomic E-state index is 7.25. The van der Waals surface area contributed by atoms with Crippen molar-refractivity contribution in [2.75, 3.05) is 50.8 Å². The zero-order valence-corrected chi connectivity index (χ0v) is 15.2. The van der Waals surface area contributed by atoms with Gasteiger partial charge in [-0.2, -0.15) is 11.5 Å². The van der Waals surface area contributed by atoms with E-state index in [1.165, 1.54) is 32.6 Å². The smallest absolute Gasteiger partial charge is 0.791 e. The molecule has 0 N–H and O–H groups in total. The quantitative estimate of drug-likeness (QED) is 0.411. The Morgan fingerprint density at radius 1 is 0.714 bits per heavy atom. The third-order valence-electron chi connectivity index (χ3n) is 2.50. The van der Waals surface area contributed by atoms with E-state index >= 15 is 0 Å². The van der Waals surface area contributed by atoms with Crippen molar-refractivity contribution in [3.63, 3.8) is 0 Å². The number of nitroso groups, excluding NO2 is 3. The third kappa shape index (κ3) is 22.9. The van der Waals surface area contributed by atoms with Gasteiger partial charge in [0.1, 0.15) is 16.8 Å². The normalized spacial score (nSPS) is 14.0. The molecule has 0 aliphatic carbocycles. The number of rotatable bonds is 4. The number of hydrogen-bond acceptors (Lipinski definition) is 7. The van der Waals surface area contributed by atoms with Crippen LogP contribution in [0.4, 0.5) is 0 Å². The fourth-order valence-corrected chi connectivity index (χ4v) is 2.25. The van der Waals surface area contributed by atoms with E-state index < -0.39 is 0 Å². The summed E-state index contributed by atoms with van der Waals surface area (Å²) in [6, 6.07) is 0. The van der Waals surface area contributed by atoms with Crippen molar-refractivity contribution >= 4 is 25.3 Å². The first-order valence-corrected chi connectivity index (χ1v) is 6.68. The first kappa shape index (κ1) is 33.2. The van der Waals surface area contributed by atoms with E-state index in [4.69, 9.17) is 56.8 Å². The standard InChI is InChI=1S/C9H20N2S2.2Fe.3NO/c12-8-6-10-2-1-3-11(5-4-10)7-9-13;;;3*1-2/h12-13H,1-9H2;;;;;/q;;+3;;;/p-2. The second-order valence-corrected chi connectivity index (χ2v) is 4.26. The average molecular weight is 420 g/mol. The van der Waals surface area contributed by atoms with Crippen LogP contribution in [0.2, 0.25) is 0 Å². The molecule has 0 unspecified atom stereocenters. The Morgan fingerprint density at radius 3 is 1.24 bits per heavy atom. The van der Waals surface area contributed by atoms with Crippen LogP contribution in [0.5, 0.6) is 0 Å². The summed E-state index contributed by atoms with van der Waals surface area (Å²) in [6.45, 7) is 6.93. The van der Waals surface area contributed by atoms with Gasteiger partial charge in [0.05, 0.1) is 0 Å². The minimum atomic E-state index is 0. The fourth-order valence-electron chi connectivity index (χ4n) is 1.73. The van der Waals surface area contributed by atoms with Crippen LogP contribution in [-0.2, 0) is 59.4 Å². The molecule has 1 rings (SSSR count). The average Bonchev–Trinajstić information content (AvgIpc) is 2.72. The molecule has 1 fully saturated rings. The van der Waals surface area contributed by atoms with Crippen molar-refractivity contribution in [1.29, 1.82) is 0 Å². The second-order valence-electron chi connectivity index (χ2n) is 3.45. The summed E-state index contributed by atoms with van der Waals surface area (Å²) in [5.74, 6) is 1.72. The molecule has 12 heteroatoms. The molecule has 1 heterocycles. The van der Waals surface area contributed by atoms with E-state index in [2.05, 4.69) is 9.80 Å². The van der Waals surface area contributed by atoms with Crippen molar-refractivity contribution in [2.24, 2.45) is 0 Å². The monoisotopic (exact) mass is 420 g/mol. The fraction of sp³-hybridized carbons (Fsp3) is 1.00. The molecule has 21 heavy (non-hydrogen) atoms. The van der Waals surface area contributed by atoms with Gasteiger partial charge in [-0.25, -0.2) is 0 Å². The topological polar surface area (TPSA) is 125 Å². The van der Waals surface area contributed by atoms with Gasteiger partial charge in [-0.15, -0.1) is 14.7 Å². The first-order valence-electron chi connectivity index (χ1n) is 5.52. The molecular formula is C9H18Fe2N5O3S2+. The van der Waals surface area contributed by atoms with E-state index in [0.717, 1.165) is 24.6 Å². The summed E-state index contributed by atoms with van der Waals surface area (Å²) >= 11 is 9.97. The molecule has 0 spiro atoms. The molecule has 0 atom stereocenters. The minimum absolute atomic E-state index is 0. The van der Waals surface area contributed by atoms with E-state index in [0.29, 0.717) is 0 Å². The van der Waals surface area contributed by atoms with Gasteiger partial charge in [-0.05, 0) is 32.6 Å². The molecule has 4 radical (unpaired) electrons. The number of nitrogens with zero attached hydrogens (tertiary/aromatic N) is 5. The summed E-state index contributed by atoms with van der Waals surface area (Å²) in [5.41, 5.74) is 17.2. The van der Waals surface area contributed by atoms with Crippen LogP contribution in [-0.4, -0.2) is 60.6 Å². The summed E-state index contributed by atoms with van der Waals surface area (Å²) < 4.78 is 0. The minimum Gasteiger partial charge on any atom is -0.791 e. The predicted octanol–water partition coefficient (Wildman–Crippen LogP) is -1.26. The summed E-state index contributed by atoms with van der Waals surface area (Å²) in [7, 11) is 0. The van der Waals surface area contributed by atoms with Gasteiger partial charge in [0.15, 0.2) is 0 Å². The maximum absolute atomic E-state index is 7.25. The Morgan fingerprint density at radius 2 is 1.00 bits per heavy atom. The van der Waals surface area contributed by atoms with E-state index in [9.17, 15) is 0 Å². The van der Waals surface area contributed by atoms with Crippen LogP contribution >= 0.6 is 0 Å². The molecule has 0 aromatic rings. The molecule has 1 aliphatic heterocycles. The SMILES string of the molecule is [Fe+3].[Fe].[N]=O.[N]=O.[N]=O.[S-]CCN1CCCN(CC[S-])CC1. The molecule has 1 saturated heterocycles. The molecular weight excluding hydrogens is 402 g/mol. The summed E-state index contributed by atoms with van der Waals surface area (Å²) in [6.07, 6.45) is 1.27. The van der Waals surface area contributed by atoms with Crippen LogP contribution < -0.4 is 16.8 Å². The molecule has 124 valence electrons. The second kappa shape index (κ2) is 32.4. The Balaban J connectivity index is -0.0000000951. The van der Waals surface area contributed by atoms with Gasteiger partial charge in [0.25, 0.3) is 0 Å². The van der Waals surface area contributed by atoms with Crippen molar-refractivity contribution < 1.29 is 34.1 Å². The molecule has 0 amide bonds. The Hall–Kier alpha value is 0.459. The Labute approximate surface area is 157 Å². The number of hydrogen-bond donors (Lipinski definition) is 0. The predicted molar refractivity (Wildman–Crippen MR) is 78.5 cm³/mol. The van der Waals surface area contributed by atoms with E-state index in [1.807, 2.05) is 0 Å². The van der Waals surface area contributed by atoms with Gasteiger partial charge in [0, 0.05) is 30.2 Å². The third-order valence-corrected chi connectivity index (χ3v) is 2.86. The molecule has 8 nitrogen and oxygen atoms in total. The Kier molecular flexibility index (Phi) is 51.2. The Bertz CT molecular complexity index is 175. The van der Waals surface area contributed by atoms with Crippen LogP contribution in [0.3, 0.4) is 0 Å². The van der Waals surface area contributed by atoms with Gasteiger partial charge in [0.2, 0.25) is 0 Å². The van der Waals surface area contributed by atoms with Crippen molar-refractivity contribution in [2.45, 2.75) is 6.42 Å². The van der Waals surface area contributed by atoms with E-state index in [-0.39, 0.29) is 34.1 Å². The molecule has 0 aromatic carbocycles. The van der Waals surface area contributed by atoms with Crippen molar-refractivity contribution in [1.82, 2.24) is 26.6 Å². The molecule has 1 aliphatic rings. The first-order chi connectivity index (χ1) is 9.36. The zero-order chi connectivity index (χ0) is 15.5. The zero-order valence-electron chi connectivity index (χ0n) is 11.3. The van der Waals surface area contributed by atoms with Crippen LogP contribution in [0.15, 0.2) is 0 Å². The van der Waals surface area contributed by atoms with Crippen LogP contribution in [0, 0.1) is 14.7 Å². The van der Waals surface area contributed by atoms with Gasteiger partial charge >= 0.3 is 17.1 Å².